The number of anilines is 2. The smallest absolute Gasteiger partial charge is 0.0801 e. The van der Waals surface area contributed by atoms with Gasteiger partial charge in [0, 0.05) is 22.9 Å². The standard InChI is InChI=1S/C26H28N2S2/c1-3-27-21-15-11-13-17-23(21)29-25(27)19-9-7-5-6-8-10-20-26-28(4-2)22-16-12-14-18-24(22)30-26/h7-20H,3-6H2,1-2H3. The van der Waals surface area contributed by atoms with Crippen LogP contribution in [0.25, 0.3) is 0 Å². The van der Waals surface area contributed by atoms with E-state index in [0.717, 1.165) is 25.9 Å². The van der Waals surface area contributed by atoms with Crippen LogP contribution in [0.4, 0.5) is 11.4 Å². The average molecular weight is 433 g/mol. The zero-order chi connectivity index (χ0) is 20.8. The van der Waals surface area contributed by atoms with Crippen LogP contribution in [0.15, 0.2) is 105 Å². The molecule has 0 amide bonds. The predicted octanol–water partition coefficient (Wildman–Crippen LogP) is 7.83. The van der Waals surface area contributed by atoms with Gasteiger partial charge < -0.3 is 9.80 Å². The molecular weight excluding hydrogens is 404 g/mol. The molecule has 2 aliphatic heterocycles. The minimum Gasteiger partial charge on any atom is -0.335 e. The lowest BCUT2D eigenvalue weighted by atomic mass is 10.2. The number of hydrogen-bond acceptors (Lipinski definition) is 4. The summed E-state index contributed by atoms with van der Waals surface area (Å²) < 4.78 is 0. The molecule has 4 rings (SSSR count). The molecular formula is C26H28N2S2. The van der Waals surface area contributed by atoms with Gasteiger partial charge in [-0.3, -0.25) is 0 Å². The van der Waals surface area contributed by atoms with E-state index in [1.807, 2.05) is 23.5 Å². The zero-order valence-corrected chi connectivity index (χ0v) is 19.3. The maximum atomic E-state index is 2.38. The number of unbranched alkanes of at least 4 members (excludes halogenated alkanes) is 1. The van der Waals surface area contributed by atoms with E-state index in [1.54, 1.807) is 0 Å². The molecule has 0 saturated carbocycles. The van der Waals surface area contributed by atoms with Crippen molar-refractivity contribution in [2.75, 3.05) is 22.9 Å². The second-order valence-electron chi connectivity index (χ2n) is 7.07. The summed E-state index contributed by atoms with van der Waals surface area (Å²) in [5.41, 5.74) is 2.65. The lowest BCUT2D eigenvalue weighted by Gasteiger charge is -2.17. The number of para-hydroxylation sites is 2. The number of fused-ring (bicyclic) bond motifs is 2. The van der Waals surface area contributed by atoms with E-state index >= 15 is 0 Å². The Hall–Kier alpha value is -2.30. The Bertz CT molecular complexity index is 922. The van der Waals surface area contributed by atoms with Crippen LogP contribution in [0, 0.1) is 0 Å². The maximum absolute atomic E-state index is 2.38. The fourth-order valence-electron chi connectivity index (χ4n) is 3.69. The summed E-state index contributed by atoms with van der Waals surface area (Å²) in [6, 6.07) is 17.3. The molecule has 2 aromatic carbocycles. The van der Waals surface area contributed by atoms with Gasteiger partial charge in [-0.05, 0) is 63.1 Å². The van der Waals surface area contributed by atoms with Crippen molar-refractivity contribution in [2.45, 2.75) is 36.5 Å². The van der Waals surface area contributed by atoms with Crippen LogP contribution in [0.2, 0.25) is 0 Å². The Morgan fingerprint density at radius 1 is 0.667 bits per heavy atom. The molecule has 30 heavy (non-hydrogen) atoms. The molecule has 0 N–H and O–H groups in total. The normalized spacial score (nSPS) is 18.3. The van der Waals surface area contributed by atoms with Crippen molar-refractivity contribution in [3.63, 3.8) is 0 Å². The van der Waals surface area contributed by atoms with Crippen molar-refractivity contribution in [2.24, 2.45) is 0 Å². The lowest BCUT2D eigenvalue weighted by Crippen LogP contribution is -2.16. The summed E-state index contributed by atoms with van der Waals surface area (Å²) in [7, 11) is 0. The van der Waals surface area contributed by atoms with Crippen LogP contribution in [-0.2, 0) is 0 Å². The monoisotopic (exact) mass is 432 g/mol. The molecule has 0 fully saturated rings. The summed E-state index contributed by atoms with van der Waals surface area (Å²) in [4.78, 5) is 7.46. The zero-order valence-electron chi connectivity index (χ0n) is 17.6. The Morgan fingerprint density at radius 3 is 1.53 bits per heavy atom. The van der Waals surface area contributed by atoms with Gasteiger partial charge in [-0.25, -0.2) is 0 Å². The van der Waals surface area contributed by atoms with Crippen molar-refractivity contribution in [1.29, 1.82) is 0 Å². The summed E-state index contributed by atoms with van der Waals surface area (Å²) in [6.07, 6.45) is 15.5. The second kappa shape index (κ2) is 10.1. The predicted molar refractivity (Wildman–Crippen MR) is 134 cm³/mol. The maximum Gasteiger partial charge on any atom is 0.0801 e. The van der Waals surface area contributed by atoms with E-state index in [-0.39, 0.29) is 0 Å². The molecule has 0 bridgehead atoms. The third-order valence-electron chi connectivity index (χ3n) is 5.16. The largest absolute Gasteiger partial charge is 0.335 e. The highest BCUT2D eigenvalue weighted by Crippen LogP contribution is 2.46. The van der Waals surface area contributed by atoms with Crippen LogP contribution >= 0.6 is 23.5 Å². The topological polar surface area (TPSA) is 6.48 Å². The van der Waals surface area contributed by atoms with Gasteiger partial charge in [0.25, 0.3) is 0 Å². The summed E-state index contributed by atoms with van der Waals surface area (Å²) in [5.74, 6) is 0. The van der Waals surface area contributed by atoms with Crippen LogP contribution < -0.4 is 9.80 Å². The Labute approximate surface area is 189 Å². The van der Waals surface area contributed by atoms with E-state index < -0.39 is 0 Å². The van der Waals surface area contributed by atoms with E-state index in [4.69, 9.17) is 0 Å². The van der Waals surface area contributed by atoms with Gasteiger partial charge in [0.15, 0.2) is 0 Å². The lowest BCUT2D eigenvalue weighted by molar-refractivity contribution is 1.00. The summed E-state index contributed by atoms with van der Waals surface area (Å²) in [6.45, 7) is 6.41. The van der Waals surface area contributed by atoms with Crippen LogP contribution in [0.1, 0.15) is 26.7 Å². The van der Waals surface area contributed by atoms with Gasteiger partial charge >= 0.3 is 0 Å². The number of nitrogens with zero attached hydrogens (tertiary/aromatic N) is 2. The number of allylic oxidation sites excluding steroid dienone is 6. The van der Waals surface area contributed by atoms with Gasteiger partial charge in [-0.15, -0.1) is 0 Å². The van der Waals surface area contributed by atoms with Crippen molar-refractivity contribution in [3.05, 3.63) is 95.0 Å². The Balaban J connectivity index is 1.28. The number of rotatable bonds is 7. The van der Waals surface area contributed by atoms with Gasteiger partial charge in [0.05, 0.1) is 21.4 Å². The van der Waals surface area contributed by atoms with Gasteiger partial charge in [0.1, 0.15) is 0 Å². The minimum atomic E-state index is 0.998. The third-order valence-corrected chi connectivity index (χ3v) is 7.42. The molecule has 2 aromatic rings. The van der Waals surface area contributed by atoms with Crippen LogP contribution in [0.5, 0.6) is 0 Å². The fourth-order valence-corrected chi connectivity index (χ4v) is 5.97. The second-order valence-corrected chi connectivity index (χ2v) is 9.20. The molecule has 0 radical (unpaired) electrons. The SMILES string of the molecule is CCN1C(=CC=CCCC=CC=C2Sc3ccccc3N2CC)Sc2ccccc21. The number of benzene rings is 2. The average Bonchev–Trinajstić information content (AvgIpc) is 3.32. The first-order valence-corrected chi connectivity index (χ1v) is 12.3. The Morgan fingerprint density at radius 2 is 1.10 bits per heavy atom. The molecule has 2 nitrogen and oxygen atoms in total. The van der Waals surface area contributed by atoms with Gasteiger partial charge in [0.2, 0.25) is 0 Å². The molecule has 0 aliphatic carbocycles. The highest BCUT2D eigenvalue weighted by Gasteiger charge is 2.23. The molecule has 0 spiro atoms. The molecule has 2 aliphatic rings. The molecule has 2 heterocycles. The van der Waals surface area contributed by atoms with Crippen molar-refractivity contribution in [1.82, 2.24) is 0 Å². The van der Waals surface area contributed by atoms with E-state index in [0.29, 0.717) is 0 Å². The summed E-state index contributed by atoms with van der Waals surface area (Å²) in [5, 5.41) is 2.63. The first-order valence-electron chi connectivity index (χ1n) is 10.6. The van der Waals surface area contributed by atoms with Crippen molar-refractivity contribution in [3.8, 4) is 0 Å². The van der Waals surface area contributed by atoms with Crippen LogP contribution in [-0.4, -0.2) is 13.1 Å². The van der Waals surface area contributed by atoms with Gasteiger partial charge in [-0.1, -0.05) is 72.1 Å². The quantitative estimate of drug-likeness (QED) is 0.411. The molecule has 0 aromatic heterocycles. The first-order chi connectivity index (χ1) is 14.8. The highest BCUT2D eigenvalue weighted by atomic mass is 32.2. The molecule has 4 heteroatoms. The first kappa shape index (κ1) is 21.0. The van der Waals surface area contributed by atoms with Crippen molar-refractivity contribution < 1.29 is 0 Å². The fraction of sp³-hybridized carbons (Fsp3) is 0.231. The molecule has 0 saturated heterocycles. The van der Waals surface area contributed by atoms with E-state index in [2.05, 4.69) is 109 Å². The third kappa shape index (κ3) is 4.55. The summed E-state index contributed by atoms with van der Waals surface area (Å²) >= 11 is 3.72. The number of thioether (sulfide) groups is 2. The minimum absolute atomic E-state index is 0.998. The van der Waals surface area contributed by atoms with E-state index in [1.165, 1.54) is 31.2 Å². The van der Waals surface area contributed by atoms with Crippen LogP contribution in [0.3, 0.4) is 0 Å². The molecule has 0 unspecified atom stereocenters. The van der Waals surface area contributed by atoms with Crippen molar-refractivity contribution >= 4 is 34.9 Å². The molecule has 154 valence electrons. The highest BCUT2D eigenvalue weighted by molar-refractivity contribution is 8.04. The Kier molecular flexibility index (Phi) is 7.08. The van der Waals surface area contributed by atoms with E-state index in [9.17, 15) is 0 Å². The molecule has 0 atom stereocenters. The van der Waals surface area contributed by atoms with Gasteiger partial charge in [-0.2, -0.15) is 0 Å². The number of hydrogen-bond donors (Lipinski definition) is 0.